The first-order valence-corrected chi connectivity index (χ1v) is 6.51. The van der Waals surface area contributed by atoms with Crippen molar-refractivity contribution >= 4 is 5.91 Å². The standard InChI is InChI=1S/C12H23N3O2/c1-17-6-4-14-12(16)9-15-5-2-3-10-7-13-8-11(10)15/h10-11,13H,2-9H2,1H3,(H,14,16). The van der Waals surface area contributed by atoms with E-state index in [2.05, 4.69) is 15.5 Å². The summed E-state index contributed by atoms with van der Waals surface area (Å²) in [6.45, 7) is 4.93. The molecule has 1 amide bonds. The smallest absolute Gasteiger partial charge is 0.234 e. The van der Waals surface area contributed by atoms with Gasteiger partial charge in [-0.15, -0.1) is 0 Å². The van der Waals surface area contributed by atoms with Gasteiger partial charge < -0.3 is 15.4 Å². The van der Waals surface area contributed by atoms with Crippen molar-refractivity contribution in [2.45, 2.75) is 18.9 Å². The van der Waals surface area contributed by atoms with Crippen LogP contribution in [-0.2, 0) is 9.53 Å². The summed E-state index contributed by atoms with van der Waals surface area (Å²) in [5, 5.41) is 6.31. The summed E-state index contributed by atoms with van der Waals surface area (Å²) in [5.41, 5.74) is 0. The quantitative estimate of drug-likeness (QED) is 0.633. The zero-order valence-corrected chi connectivity index (χ0v) is 10.6. The number of nitrogens with one attached hydrogen (secondary N) is 2. The minimum Gasteiger partial charge on any atom is -0.383 e. The third-order valence-corrected chi connectivity index (χ3v) is 3.77. The minimum absolute atomic E-state index is 0.120. The van der Waals surface area contributed by atoms with Gasteiger partial charge in [0.25, 0.3) is 0 Å². The lowest BCUT2D eigenvalue weighted by Gasteiger charge is -2.36. The second-order valence-electron chi connectivity index (χ2n) is 4.94. The maximum atomic E-state index is 11.7. The number of piperidine rings is 1. The fourth-order valence-corrected chi connectivity index (χ4v) is 2.89. The molecule has 0 aromatic carbocycles. The molecule has 2 saturated heterocycles. The largest absolute Gasteiger partial charge is 0.383 e. The molecule has 0 aliphatic carbocycles. The van der Waals surface area contributed by atoms with Crippen molar-refractivity contribution in [3.63, 3.8) is 0 Å². The number of carbonyl (C=O) groups excluding carboxylic acids is 1. The molecule has 2 aliphatic rings. The SMILES string of the molecule is COCCNC(=O)CN1CCCC2CNCC21. The lowest BCUT2D eigenvalue weighted by molar-refractivity contribution is -0.123. The molecule has 0 spiro atoms. The topological polar surface area (TPSA) is 53.6 Å². The van der Waals surface area contributed by atoms with Gasteiger partial charge in [-0.2, -0.15) is 0 Å². The van der Waals surface area contributed by atoms with Crippen molar-refractivity contribution in [3.05, 3.63) is 0 Å². The number of fused-ring (bicyclic) bond motifs is 1. The number of rotatable bonds is 5. The van der Waals surface area contributed by atoms with E-state index in [0.29, 0.717) is 25.7 Å². The predicted molar refractivity (Wildman–Crippen MR) is 65.8 cm³/mol. The molecule has 0 bridgehead atoms. The van der Waals surface area contributed by atoms with Crippen LogP contribution in [0.2, 0.25) is 0 Å². The number of likely N-dealkylation sites (tertiary alicyclic amines) is 1. The average Bonchev–Trinajstić information content (AvgIpc) is 2.78. The third-order valence-electron chi connectivity index (χ3n) is 3.77. The lowest BCUT2D eigenvalue weighted by atomic mass is 9.92. The normalized spacial score (nSPS) is 29.0. The Morgan fingerprint density at radius 3 is 3.24 bits per heavy atom. The van der Waals surface area contributed by atoms with Crippen LogP contribution < -0.4 is 10.6 Å². The van der Waals surface area contributed by atoms with Crippen LogP contribution in [0.15, 0.2) is 0 Å². The molecule has 5 heteroatoms. The Morgan fingerprint density at radius 1 is 1.53 bits per heavy atom. The van der Waals surface area contributed by atoms with Crippen molar-refractivity contribution in [2.24, 2.45) is 5.92 Å². The van der Waals surface area contributed by atoms with Crippen LogP contribution in [-0.4, -0.2) is 63.3 Å². The highest BCUT2D eigenvalue weighted by Gasteiger charge is 2.35. The molecule has 0 saturated carbocycles. The van der Waals surface area contributed by atoms with Gasteiger partial charge in [0.1, 0.15) is 0 Å². The number of nitrogens with zero attached hydrogens (tertiary/aromatic N) is 1. The molecular formula is C12H23N3O2. The fraction of sp³-hybridized carbons (Fsp3) is 0.917. The van der Waals surface area contributed by atoms with E-state index in [1.807, 2.05) is 0 Å². The Morgan fingerprint density at radius 2 is 2.41 bits per heavy atom. The van der Waals surface area contributed by atoms with Crippen molar-refractivity contribution < 1.29 is 9.53 Å². The molecule has 5 nitrogen and oxygen atoms in total. The van der Waals surface area contributed by atoms with Crippen LogP contribution in [0.25, 0.3) is 0 Å². The number of methoxy groups -OCH3 is 1. The highest BCUT2D eigenvalue weighted by Crippen LogP contribution is 2.25. The fourth-order valence-electron chi connectivity index (χ4n) is 2.89. The van der Waals surface area contributed by atoms with Crippen molar-refractivity contribution in [3.8, 4) is 0 Å². The van der Waals surface area contributed by atoms with Gasteiger partial charge in [-0.3, -0.25) is 9.69 Å². The minimum atomic E-state index is 0.120. The van der Waals surface area contributed by atoms with Gasteiger partial charge in [0.05, 0.1) is 13.2 Å². The average molecular weight is 241 g/mol. The molecule has 17 heavy (non-hydrogen) atoms. The van der Waals surface area contributed by atoms with E-state index in [4.69, 9.17) is 4.74 Å². The molecule has 0 radical (unpaired) electrons. The Hall–Kier alpha value is -0.650. The number of carbonyl (C=O) groups is 1. The molecule has 2 heterocycles. The highest BCUT2D eigenvalue weighted by atomic mass is 16.5. The van der Waals surface area contributed by atoms with Crippen LogP contribution >= 0.6 is 0 Å². The summed E-state index contributed by atoms with van der Waals surface area (Å²) < 4.78 is 4.91. The summed E-state index contributed by atoms with van der Waals surface area (Å²) >= 11 is 0. The van der Waals surface area contributed by atoms with Crippen molar-refractivity contribution in [1.29, 1.82) is 0 Å². The summed E-state index contributed by atoms with van der Waals surface area (Å²) in [6.07, 6.45) is 2.52. The maximum absolute atomic E-state index is 11.7. The lowest BCUT2D eigenvalue weighted by Crippen LogP contribution is -2.49. The van der Waals surface area contributed by atoms with Crippen molar-refractivity contribution in [1.82, 2.24) is 15.5 Å². The Kier molecular flexibility index (Phi) is 4.76. The summed E-state index contributed by atoms with van der Waals surface area (Å²) in [6, 6.07) is 0.567. The zero-order chi connectivity index (χ0) is 12.1. The van der Waals surface area contributed by atoms with Gasteiger partial charge in [0.2, 0.25) is 5.91 Å². The summed E-state index contributed by atoms with van der Waals surface area (Å²) in [4.78, 5) is 14.1. The Balaban J connectivity index is 1.75. The van der Waals surface area contributed by atoms with Gasteiger partial charge >= 0.3 is 0 Å². The van der Waals surface area contributed by atoms with Crippen LogP contribution in [0.5, 0.6) is 0 Å². The number of hydrogen-bond acceptors (Lipinski definition) is 4. The Bertz CT molecular complexity index is 260. The second kappa shape index (κ2) is 6.33. The molecule has 2 atom stereocenters. The third kappa shape index (κ3) is 3.40. The van der Waals surface area contributed by atoms with Gasteiger partial charge in [-0.05, 0) is 31.8 Å². The summed E-state index contributed by atoms with van der Waals surface area (Å²) in [7, 11) is 1.64. The monoisotopic (exact) mass is 241 g/mol. The molecular weight excluding hydrogens is 218 g/mol. The molecule has 0 aromatic rings. The van der Waals surface area contributed by atoms with Crippen LogP contribution in [0, 0.1) is 5.92 Å². The Labute approximate surface area is 103 Å². The number of ether oxygens (including phenoxy) is 1. The van der Waals surface area contributed by atoms with E-state index >= 15 is 0 Å². The van der Waals surface area contributed by atoms with E-state index in [1.54, 1.807) is 7.11 Å². The number of amides is 1. The van der Waals surface area contributed by atoms with Gasteiger partial charge in [-0.1, -0.05) is 0 Å². The zero-order valence-electron chi connectivity index (χ0n) is 10.6. The second-order valence-corrected chi connectivity index (χ2v) is 4.94. The molecule has 98 valence electrons. The van der Waals surface area contributed by atoms with Crippen molar-refractivity contribution in [2.75, 3.05) is 46.4 Å². The molecule has 2 N–H and O–H groups in total. The first-order valence-electron chi connectivity index (χ1n) is 6.51. The highest BCUT2D eigenvalue weighted by molar-refractivity contribution is 5.78. The number of hydrogen-bond donors (Lipinski definition) is 2. The maximum Gasteiger partial charge on any atom is 0.234 e. The first-order chi connectivity index (χ1) is 8.31. The predicted octanol–water partition coefficient (Wildman–Crippen LogP) is -0.567. The van der Waals surface area contributed by atoms with E-state index < -0.39 is 0 Å². The van der Waals surface area contributed by atoms with Gasteiger partial charge in [0.15, 0.2) is 0 Å². The molecule has 2 rings (SSSR count). The van der Waals surface area contributed by atoms with E-state index in [0.717, 1.165) is 25.6 Å². The van der Waals surface area contributed by atoms with E-state index in [9.17, 15) is 4.79 Å². The van der Waals surface area contributed by atoms with E-state index in [1.165, 1.54) is 12.8 Å². The van der Waals surface area contributed by atoms with Crippen LogP contribution in [0.3, 0.4) is 0 Å². The molecule has 0 aromatic heterocycles. The van der Waals surface area contributed by atoms with Crippen LogP contribution in [0.4, 0.5) is 0 Å². The first kappa shape index (κ1) is 12.8. The molecule has 2 fully saturated rings. The molecule has 2 aliphatic heterocycles. The molecule has 2 unspecified atom stereocenters. The van der Waals surface area contributed by atoms with Crippen LogP contribution in [0.1, 0.15) is 12.8 Å². The van der Waals surface area contributed by atoms with Gasteiger partial charge in [-0.25, -0.2) is 0 Å². The van der Waals surface area contributed by atoms with Gasteiger partial charge in [0, 0.05) is 26.2 Å². The summed E-state index contributed by atoms with van der Waals surface area (Å²) in [5.74, 6) is 0.866. The van der Waals surface area contributed by atoms with E-state index in [-0.39, 0.29) is 5.91 Å².